The molecule has 2 aliphatic heterocycles. The molecule has 2 fully saturated rings. The first-order chi connectivity index (χ1) is 5.70. The molecule has 4 heteroatoms. The highest BCUT2D eigenvalue weighted by atomic mass is 16.6. The molecule has 0 unspecified atom stereocenters. The minimum absolute atomic E-state index is 1.01. The van der Waals surface area contributed by atoms with Gasteiger partial charge in [-0.15, -0.1) is 0 Å². The lowest BCUT2D eigenvalue weighted by Crippen LogP contribution is -2.21. The zero-order valence-corrected chi connectivity index (χ0v) is 7.07. The van der Waals surface area contributed by atoms with Crippen molar-refractivity contribution in [2.45, 2.75) is 31.7 Å². The molecular weight excluding hydrogens is 158 g/mol. The standard InChI is InChI=1S/C7H13N.CH2O3/c1-3-7-4-2-6-8(7)5-1;2-1(3)4/h7H,1-6H2;(H2,2,3,4). The predicted octanol–water partition coefficient (Wildman–Crippen LogP) is 1.47. The molecule has 2 heterocycles. The number of nitrogens with zero attached hydrogens (tertiary/aromatic N) is 1. The van der Waals surface area contributed by atoms with Crippen molar-refractivity contribution in [2.75, 3.05) is 13.1 Å². The van der Waals surface area contributed by atoms with Crippen molar-refractivity contribution >= 4 is 6.16 Å². The zero-order valence-electron chi connectivity index (χ0n) is 7.07. The Morgan fingerprint density at radius 1 is 1.17 bits per heavy atom. The lowest BCUT2D eigenvalue weighted by Gasteiger charge is -2.11. The summed E-state index contributed by atoms with van der Waals surface area (Å²) in [7, 11) is 0. The van der Waals surface area contributed by atoms with Gasteiger partial charge in [-0.2, -0.15) is 0 Å². The SMILES string of the molecule is C1CC2CCCN2C1.O=C(O)O. The molecule has 2 aliphatic rings. The van der Waals surface area contributed by atoms with E-state index in [1.54, 1.807) is 0 Å². The predicted molar refractivity (Wildman–Crippen MR) is 44.5 cm³/mol. The van der Waals surface area contributed by atoms with Crippen LogP contribution in [-0.2, 0) is 0 Å². The number of rotatable bonds is 0. The maximum atomic E-state index is 8.56. The molecule has 0 bridgehead atoms. The summed E-state index contributed by atoms with van der Waals surface area (Å²) in [5.74, 6) is 0. The van der Waals surface area contributed by atoms with Crippen LogP contribution in [0.4, 0.5) is 4.79 Å². The van der Waals surface area contributed by atoms with Crippen molar-refractivity contribution in [3.8, 4) is 0 Å². The molecule has 0 aromatic heterocycles. The van der Waals surface area contributed by atoms with Crippen LogP contribution in [0, 0.1) is 0 Å². The van der Waals surface area contributed by atoms with E-state index >= 15 is 0 Å². The molecule has 0 saturated carbocycles. The maximum absolute atomic E-state index is 8.56. The molecule has 12 heavy (non-hydrogen) atoms. The van der Waals surface area contributed by atoms with Gasteiger partial charge in [-0.25, -0.2) is 4.79 Å². The third-order valence-electron chi connectivity index (χ3n) is 2.48. The first-order valence-corrected chi connectivity index (χ1v) is 4.36. The second-order valence-corrected chi connectivity index (χ2v) is 3.26. The largest absolute Gasteiger partial charge is 0.503 e. The summed E-state index contributed by atoms with van der Waals surface area (Å²) >= 11 is 0. The summed E-state index contributed by atoms with van der Waals surface area (Å²) in [5, 5.41) is 13.9. The minimum Gasteiger partial charge on any atom is -0.450 e. The van der Waals surface area contributed by atoms with Gasteiger partial charge in [-0.1, -0.05) is 0 Å². The number of hydrogen-bond donors (Lipinski definition) is 2. The van der Waals surface area contributed by atoms with E-state index in [-0.39, 0.29) is 0 Å². The molecule has 0 aromatic carbocycles. The molecule has 0 amide bonds. The Labute approximate surface area is 71.8 Å². The fourth-order valence-electron chi connectivity index (χ4n) is 2.05. The summed E-state index contributed by atoms with van der Waals surface area (Å²) in [5.41, 5.74) is 0. The summed E-state index contributed by atoms with van der Waals surface area (Å²) in [6.07, 6.45) is 4.06. The van der Waals surface area contributed by atoms with Crippen LogP contribution in [0.2, 0.25) is 0 Å². The fraction of sp³-hybridized carbons (Fsp3) is 0.875. The minimum atomic E-state index is -1.83. The highest BCUT2D eigenvalue weighted by molar-refractivity contribution is 5.53. The Morgan fingerprint density at radius 2 is 1.58 bits per heavy atom. The molecule has 0 atom stereocenters. The molecule has 2 N–H and O–H groups in total. The van der Waals surface area contributed by atoms with Crippen molar-refractivity contribution in [1.29, 1.82) is 0 Å². The van der Waals surface area contributed by atoms with Gasteiger partial charge in [0.05, 0.1) is 0 Å². The van der Waals surface area contributed by atoms with E-state index in [1.165, 1.54) is 38.8 Å². The van der Waals surface area contributed by atoms with Crippen LogP contribution in [0.15, 0.2) is 0 Å². The van der Waals surface area contributed by atoms with Gasteiger partial charge in [0.25, 0.3) is 0 Å². The second-order valence-electron chi connectivity index (χ2n) is 3.26. The van der Waals surface area contributed by atoms with E-state index in [9.17, 15) is 0 Å². The number of carbonyl (C=O) groups is 1. The van der Waals surface area contributed by atoms with Gasteiger partial charge in [-0.3, -0.25) is 0 Å². The number of hydrogen-bond acceptors (Lipinski definition) is 2. The first kappa shape index (κ1) is 9.32. The van der Waals surface area contributed by atoms with Crippen molar-refractivity contribution in [3.05, 3.63) is 0 Å². The Hall–Kier alpha value is -0.770. The molecule has 0 radical (unpaired) electrons. The normalized spacial score (nSPS) is 23.0. The number of carboxylic acid groups (broad SMARTS) is 2. The Balaban J connectivity index is 0.000000157. The average molecular weight is 173 g/mol. The molecule has 70 valence electrons. The van der Waals surface area contributed by atoms with E-state index < -0.39 is 6.16 Å². The molecule has 4 nitrogen and oxygen atoms in total. The molecule has 2 rings (SSSR count). The lowest BCUT2D eigenvalue weighted by molar-refractivity contribution is 0.137. The van der Waals surface area contributed by atoms with Gasteiger partial charge in [0.1, 0.15) is 0 Å². The lowest BCUT2D eigenvalue weighted by atomic mass is 10.2. The Bertz CT molecular complexity index is 136. The van der Waals surface area contributed by atoms with E-state index in [2.05, 4.69) is 4.90 Å². The topological polar surface area (TPSA) is 60.8 Å². The van der Waals surface area contributed by atoms with Gasteiger partial charge in [0.2, 0.25) is 0 Å². The monoisotopic (exact) mass is 173 g/mol. The summed E-state index contributed by atoms with van der Waals surface area (Å²) in [4.78, 5) is 11.2. The molecular formula is C8H15NO3. The van der Waals surface area contributed by atoms with E-state index in [0.717, 1.165) is 6.04 Å². The third kappa shape index (κ3) is 2.70. The summed E-state index contributed by atoms with van der Waals surface area (Å²) in [6.45, 7) is 2.79. The fourth-order valence-corrected chi connectivity index (χ4v) is 2.05. The van der Waals surface area contributed by atoms with E-state index in [1.807, 2.05) is 0 Å². The van der Waals surface area contributed by atoms with Crippen molar-refractivity contribution in [1.82, 2.24) is 4.90 Å². The highest BCUT2D eigenvalue weighted by Gasteiger charge is 2.27. The first-order valence-electron chi connectivity index (χ1n) is 4.36. The highest BCUT2D eigenvalue weighted by Crippen LogP contribution is 2.26. The van der Waals surface area contributed by atoms with Crippen LogP contribution >= 0.6 is 0 Å². The van der Waals surface area contributed by atoms with Crippen LogP contribution in [0.1, 0.15) is 25.7 Å². The Kier molecular flexibility index (Phi) is 3.34. The Morgan fingerprint density at radius 3 is 1.92 bits per heavy atom. The van der Waals surface area contributed by atoms with Crippen LogP contribution in [0.3, 0.4) is 0 Å². The van der Waals surface area contributed by atoms with Gasteiger partial charge < -0.3 is 15.1 Å². The maximum Gasteiger partial charge on any atom is 0.503 e. The van der Waals surface area contributed by atoms with Crippen LogP contribution in [-0.4, -0.2) is 40.4 Å². The van der Waals surface area contributed by atoms with Crippen LogP contribution in [0.5, 0.6) is 0 Å². The van der Waals surface area contributed by atoms with Gasteiger partial charge in [-0.05, 0) is 38.8 Å². The second kappa shape index (κ2) is 4.30. The summed E-state index contributed by atoms with van der Waals surface area (Å²) < 4.78 is 0. The summed E-state index contributed by atoms with van der Waals surface area (Å²) in [6, 6.07) is 1.01. The van der Waals surface area contributed by atoms with Crippen molar-refractivity contribution in [3.63, 3.8) is 0 Å². The third-order valence-corrected chi connectivity index (χ3v) is 2.48. The van der Waals surface area contributed by atoms with Crippen molar-refractivity contribution < 1.29 is 15.0 Å². The van der Waals surface area contributed by atoms with E-state index in [0.29, 0.717) is 0 Å². The molecule has 2 saturated heterocycles. The number of fused-ring (bicyclic) bond motifs is 1. The quantitative estimate of drug-likeness (QED) is 0.582. The van der Waals surface area contributed by atoms with E-state index in [4.69, 9.17) is 15.0 Å². The van der Waals surface area contributed by atoms with Gasteiger partial charge >= 0.3 is 6.16 Å². The van der Waals surface area contributed by atoms with Crippen LogP contribution in [0.25, 0.3) is 0 Å². The van der Waals surface area contributed by atoms with Crippen molar-refractivity contribution in [2.24, 2.45) is 0 Å². The average Bonchev–Trinajstić information content (AvgIpc) is 2.40. The van der Waals surface area contributed by atoms with Gasteiger partial charge in [0.15, 0.2) is 0 Å². The van der Waals surface area contributed by atoms with Crippen LogP contribution < -0.4 is 0 Å². The van der Waals surface area contributed by atoms with Gasteiger partial charge in [0, 0.05) is 6.04 Å². The molecule has 0 aliphatic carbocycles. The molecule has 0 spiro atoms. The zero-order chi connectivity index (χ0) is 8.97. The molecule has 0 aromatic rings. The smallest absolute Gasteiger partial charge is 0.450 e.